The third kappa shape index (κ3) is 4.34. The zero-order valence-electron chi connectivity index (χ0n) is 15.4. The fourth-order valence-electron chi connectivity index (χ4n) is 2.21. The second kappa shape index (κ2) is 8.18. The van der Waals surface area contributed by atoms with Crippen LogP contribution >= 0.6 is 0 Å². The number of nitrogens with two attached hydrogens (primary N) is 1. The number of nitrogens with one attached hydrogen (secondary N) is 1. The SMILES string of the molecule is CCOC(=O)c1c(C(=O)Nc2nc(OC)cc(OC)n2)nn(C)c1S(N)(=O)=O. The number of carbonyl (C=O) groups is 2. The number of aryl methyl sites for hydroxylation is 1. The summed E-state index contributed by atoms with van der Waals surface area (Å²) in [7, 11) is -0.472. The van der Waals surface area contributed by atoms with Gasteiger partial charge in [-0.2, -0.15) is 15.1 Å². The Hall–Kier alpha value is -3.26. The number of rotatable bonds is 7. The monoisotopic (exact) mass is 414 g/mol. The highest BCUT2D eigenvalue weighted by Crippen LogP contribution is 2.22. The summed E-state index contributed by atoms with van der Waals surface area (Å²) < 4.78 is 39.3. The molecule has 1 amide bonds. The highest BCUT2D eigenvalue weighted by atomic mass is 32.2. The van der Waals surface area contributed by atoms with Gasteiger partial charge in [0.25, 0.3) is 15.9 Å². The van der Waals surface area contributed by atoms with Gasteiger partial charge in [0.2, 0.25) is 17.7 Å². The summed E-state index contributed by atoms with van der Waals surface area (Å²) in [5.74, 6) is -2.07. The molecule has 2 aromatic rings. The van der Waals surface area contributed by atoms with E-state index < -0.39 is 38.2 Å². The number of methoxy groups -OCH3 is 2. The molecule has 28 heavy (non-hydrogen) atoms. The first-order valence-electron chi connectivity index (χ1n) is 7.67. The summed E-state index contributed by atoms with van der Waals surface area (Å²) in [5, 5.41) is 10.6. The van der Waals surface area contributed by atoms with Gasteiger partial charge in [0.05, 0.1) is 26.9 Å². The maximum Gasteiger partial charge on any atom is 0.343 e. The number of amides is 1. The molecule has 0 aliphatic rings. The minimum atomic E-state index is -4.39. The van der Waals surface area contributed by atoms with E-state index in [4.69, 9.17) is 19.3 Å². The van der Waals surface area contributed by atoms with Crippen LogP contribution in [0, 0.1) is 0 Å². The Morgan fingerprint density at radius 2 is 1.79 bits per heavy atom. The first-order chi connectivity index (χ1) is 13.1. The molecular weight excluding hydrogens is 396 g/mol. The molecule has 0 aromatic carbocycles. The van der Waals surface area contributed by atoms with E-state index in [1.54, 1.807) is 0 Å². The summed E-state index contributed by atoms with van der Waals surface area (Å²) in [5.41, 5.74) is -1.13. The molecule has 0 atom stereocenters. The molecule has 2 aromatic heterocycles. The summed E-state index contributed by atoms with van der Waals surface area (Å²) >= 11 is 0. The zero-order valence-corrected chi connectivity index (χ0v) is 16.2. The molecule has 14 heteroatoms. The normalized spacial score (nSPS) is 11.0. The lowest BCUT2D eigenvalue weighted by Crippen LogP contribution is -2.22. The summed E-state index contributed by atoms with van der Waals surface area (Å²) in [6, 6.07) is 1.37. The molecule has 13 nitrogen and oxygen atoms in total. The van der Waals surface area contributed by atoms with Crippen molar-refractivity contribution in [1.82, 2.24) is 19.7 Å². The maximum atomic E-state index is 12.6. The Labute approximate surface area is 159 Å². The summed E-state index contributed by atoms with van der Waals surface area (Å²) in [6.07, 6.45) is 0. The van der Waals surface area contributed by atoms with E-state index in [9.17, 15) is 18.0 Å². The van der Waals surface area contributed by atoms with Crippen LogP contribution in [-0.4, -0.2) is 60.9 Å². The van der Waals surface area contributed by atoms with E-state index in [1.165, 1.54) is 34.3 Å². The van der Waals surface area contributed by atoms with Crippen molar-refractivity contribution in [3.63, 3.8) is 0 Å². The van der Waals surface area contributed by atoms with Crippen molar-refractivity contribution >= 4 is 27.8 Å². The molecule has 3 N–H and O–H groups in total. The molecule has 0 spiro atoms. The van der Waals surface area contributed by atoms with Gasteiger partial charge in [-0.1, -0.05) is 0 Å². The number of ether oxygens (including phenoxy) is 3. The molecule has 0 unspecified atom stereocenters. The van der Waals surface area contributed by atoms with Gasteiger partial charge in [-0.15, -0.1) is 0 Å². The quantitative estimate of drug-likeness (QED) is 0.551. The molecule has 152 valence electrons. The number of sulfonamides is 1. The molecule has 0 saturated heterocycles. The van der Waals surface area contributed by atoms with Crippen molar-refractivity contribution in [3.8, 4) is 11.8 Å². The highest BCUT2D eigenvalue weighted by molar-refractivity contribution is 7.89. The fourth-order valence-corrected chi connectivity index (χ4v) is 3.08. The average molecular weight is 414 g/mol. The van der Waals surface area contributed by atoms with Gasteiger partial charge in [0, 0.05) is 7.05 Å². The Kier molecular flexibility index (Phi) is 6.15. The van der Waals surface area contributed by atoms with E-state index in [0.29, 0.717) is 0 Å². The molecule has 0 saturated carbocycles. The number of carbonyl (C=O) groups excluding carboxylic acids is 2. The average Bonchev–Trinajstić information content (AvgIpc) is 2.99. The van der Waals surface area contributed by atoms with Gasteiger partial charge < -0.3 is 14.2 Å². The number of aromatic nitrogens is 4. The summed E-state index contributed by atoms with van der Waals surface area (Å²) in [4.78, 5) is 32.7. The smallest absolute Gasteiger partial charge is 0.343 e. The number of esters is 1. The topological polar surface area (TPSA) is 178 Å². The van der Waals surface area contributed by atoms with Gasteiger partial charge >= 0.3 is 5.97 Å². The standard InChI is InChI=1S/C14H18N6O7S/c1-5-27-13(22)9-10(19-20(2)12(9)28(15,23)24)11(21)18-14-16-7(25-3)6-8(17-14)26-4/h6H,5H2,1-4H3,(H2,15,23,24)(H,16,17,18,21). The van der Waals surface area contributed by atoms with Crippen LogP contribution in [0.4, 0.5) is 5.95 Å². The Bertz CT molecular complexity index is 995. The lowest BCUT2D eigenvalue weighted by Gasteiger charge is -2.08. The van der Waals surface area contributed by atoms with Gasteiger partial charge in [-0.3, -0.25) is 14.8 Å². The summed E-state index contributed by atoms with van der Waals surface area (Å²) in [6.45, 7) is 1.45. The lowest BCUT2D eigenvalue weighted by atomic mass is 10.2. The van der Waals surface area contributed by atoms with Crippen LogP contribution < -0.4 is 19.9 Å². The van der Waals surface area contributed by atoms with Crippen LogP contribution in [0.25, 0.3) is 0 Å². The Morgan fingerprint density at radius 3 is 2.25 bits per heavy atom. The first-order valence-corrected chi connectivity index (χ1v) is 9.22. The van der Waals surface area contributed by atoms with Crippen LogP contribution in [0.2, 0.25) is 0 Å². The van der Waals surface area contributed by atoms with Crippen molar-refractivity contribution < 1.29 is 32.2 Å². The van der Waals surface area contributed by atoms with Gasteiger partial charge in [0.1, 0.15) is 5.56 Å². The van der Waals surface area contributed by atoms with Crippen molar-refractivity contribution in [2.75, 3.05) is 26.1 Å². The Balaban J connectivity index is 2.53. The van der Waals surface area contributed by atoms with Crippen LogP contribution in [0.5, 0.6) is 11.8 Å². The molecule has 0 fully saturated rings. The molecule has 0 aliphatic carbocycles. The lowest BCUT2D eigenvalue weighted by molar-refractivity contribution is 0.0518. The van der Waals surface area contributed by atoms with Gasteiger partial charge in [0.15, 0.2) is 10.7 Å². The van der Waals surface area contributed by atoms with Gasteiger partial charge in [-0.05, 0) is 6.92 Å². The van der Waals surface area contributed by atoms with E-state index in [0.717, 1.165) is 4.68 Å². The van der Waals surface area contributed by atoms with Gasteiger partial charge in [-0.25, -0.2) is 18.4 Å². The second-order valence-corrected chi connectivity index (χ2v) is 6.62. The number of primary sulfonamides is 1. The molecular formula is C14H18N6O7S. The van der Waals surface area contributed by atoms with Crippen LogP contribution in [-0.2, 0) is 21.8 Å². The van der Waals surface area contributed by atoms with E-state index in [1.807, 2.05) is 0 Å². The van der Waals surface area contributed by atoms with Crippen molar-refractivity contribution in [1.29, 1.82) is 0 Å². The predicted octanol–water partition coefficient (Wildman–Crippen LogP) is -0.696. The predicted molar refractivity (Wildman–Crippen MR) is 93.6 cm³/mol. The van der Waals surface area contributed by atoms with Crippen molar-refractivity contribution in [2.24, 2.45) is 12.2 Å². The van der Waals surface area contributed by atoms with E-state index >= 15 is 0 Å². The number of anilines is 1. The second-order valence-electron chi connectivity index (χ2n) is 5.15. The third-order valence-electron chi connectivity index (χ3n) is 3.28. The highest BCUT2D eigenvalue weighted by Gasteiger charge is 2.33. The molecule has 2 rings (SSSR count). The Morgan fingerprint density at radius 1 is 1.21 bits per heavy atom. The van der Waals surface area contributed by atoms with Crippen LogP contribution in [0.15, 0.2) is 11.1 Å². The molecule has 0 radical (unpaired) electrons. The zero-order chi connectivity index (χ0) is 21.1. The maximum absolute atomic E-state index is 12.6. The van der Waals surface area contributed by atoms with Crippen molar-refractivity contribution in [2.45, 2.75) is 11.9 Å². The number of nitrogens with zero attached hydrogens (tertiary/aromatic N) is 4. The minimum absolute atomic E-state index is 0.0605. The number of hydrogen-bond donors (Lipinski definition) is 2. The first kappa shape index (κ1) is 21.0. The molecule has 0 aliphatic heterocycles. The molecule has 2 heterocycles. The van der Waals surface area contributed by atoms with E-state index in [-0.39, 0.29) is 24.3 Å². The molecule has 0 bridgehead atoms. The van der Waals surface area contributed by atoms with Crippen LogP contribution in [0.3, 0.4) is 0 Å². The third-order valence-corrected chi connectivity index (χ3v) is 4.29. The van der Waals surface area contributed by atoms with E-state index in [2.05, 4.69) is 20.4 Å². The number of hydrogen-bond acceptors (Lipinski definition) is 10. The largest absolute Gasteiger partial charge is 0.481 e. The van der Waals surface area contributed by atoms with Crippen molar-refractivity contribution in [3.05, 3.63) is 17.3 Å². The fraction of sp³-hybridized carbons (Fsp3) is 0.357. The minimum Gasteiger partial charge on any atom is -0.481 e. The van der Waals surface area contributed by atoms with Crippen LogP contribution in [0.1, 0.15) is 27.8 Å².